The van der Waals surface area contributed by atoms with Gasteiger partial charge in [-0.1, -0.05) is 29.3 Å². The lowest BCUT2D eigenvalue weighted by molar-refractivity contribution is -0.142. The quantitative estimate of drug-likeness (QED) is 0.721. The molecular formula is C12H11Cl2NO4. The fourth-order valence-electron chi connectivity index (χ4n) is 1.23. The molecule has 0 spiro atoms. The van der Waals surface area contributed by atoms with Gasteiger partial charge in [0.2, 0.25) is 5.91 Å². The van der Waals surface area contributed by atoms with Gasteiger partial charge in [0.05, 0.1) is 6.61 Å². The smallest absolute Gasteiger partial charge is 0.328 e. The Morgan fingerprint density at radius 1 is 1.32 bits per heavy atom. The van der Waals surface area contributed by atoms with Gasteiger partial charge >= 0.3 is 5.97 Å². The summed E-state index contributed by atoms with van der Waals surface area (Å²) in [5.41, 5.74) is 0.455. The summed E-state index contributed by atoms with van der Waals surface area (Å²) in [5.74, 6) is -1.99. The second kappa shape index (κ2) is 7.13. The third-order valence-electron chi connectivity index (χ3n) is 2.20. The number of nitrogens with one attached hydrogen (secondary N) is 1. The topological polar surface area (TPSA) is 86.6 Å². The van der Waals surface area contributed by atoms with Crippen LogP contribution in [0.25, 0.3) is 6.08 Å². The van der Waals surface area contributed by atoms with Crippen molar-refractivity contribution in [2.24, 2.45) is 0 Å². The van der Waals surface area contributed by atoms with Gasteiger partial charge in [-0.05, 0) is 18.2 Å². The van der Waals surface area contributed by atoms with E-state index in [1.165, 1.54) is 6.08 Å². The van der Waals surface area contributed by atoms with E-state index in [-0.39, 0.29) is 0 Å². The number of carbonyl (C=O) groups excluding carboxylic acids is 1. The van der Waals surface area contributed by atoms with Crippen molar-refractivity contribution in [2.75, 3.05) is 6.61 Å². The Morgan fingerprint density at radius 2 is 1.89 bits per heavy atom. The highest BCUT2D eigenvalue weighted by atomic mass is 35.5. The van der Waals surface area contributed by atoms with Crippen LogP contribution >= 0.6 is 23.2 Å². The molecule has 1 amide bonds. The molecule has 0 aliphatic heterocycles. The summed E-state index contributed by atoms with van der Waals surface area (Å²) in [6.07, 6.45) is 2.47. The first-order chi connectivity index (χ1) is 8.95. The summed E-state index contributed by atoms with van der Waals surface area (Å²) in [6, 6.07) is 3.53. The summed E-state index contributed by atoms with van der Waals surface area (Å²) in [4.78, 5) is 22.1. The number of aliphatic carboxylic acids is 1. The highest BCUT2D eigenvalue weighted by Gasteiger charge is 2.17. The molecule has 0 bridgehead atoms. The van der Waals surface area contributed by atoms with Gasteiger partial charge in [-0.15, -0.1) is 0 Å². The molecule has 1 aromatic rings. The summed E-state index contributed by atoms with van der Waals surface area (Å²) in [7, 11) is 0. The minimum atomic E-state index is -1.35. The average Bonchev–Trinajstić information content (AvgIpc) is 2.35. The number of rotatable bonds is 5. The molecule has 1 rings (SSSR count). The lowest BCUT2D eigenvalue weighted by Gasteiger charge is -2.09. The summed E-state index contributed by atoms with van der Waals surface area (Å²) >= 11 is 11.8. The van der Waals surface area contributed by atoms with Gasteiger partial charge in [0, 0.05) is 21.7 Å². The Labute approximate surface area is 119 Å². The van der Waals surface area contributed by atoms with E-state index in [1.54, 1.807) is 18.2 Å². The van der Waals surface area contributed by atoms with Crippen molar-refractivity contribution in [3.05, 3.63) is 39.9 Å². The van der Waals surface area contributed by atoms with Crippen LogP contribution in [0, 0.1) is 0 Å². The Morgan fingerprint density at radius 3 is 2.37 bits per heavy atom. The molecule has 19 heavy (non-hydrogen) atoms. The first-order valence-corrected chi connectivity index (χ1v) is 5.97. The molecule has 1 unspecified atom stereocenters. The van der Waals surface area contributed by atoms with Crippen LogP contribution in [0.5, 0.6) is 0 Å². The highest BCUT2D eigenvalue weighted by Crippen LogP contribution is 2.25. The molecule has 0 aliphatic rings. The highest BCUT2D eigenvalue weighted by molar-refractivity contribution is 6.37. The predicted octanol–water partition coefficient (Wildman–Crippen LogP) is 1.57. The van der Waals surface area contributed by atoms with Crippen LogP contribution in [0.1, 0.15) is 5.56 Å². The molecule has 0 saturated heterocycles. The van der Waals surface area contributed by atoms with E-state index >= 15 is 0 Å². The molecule has 5 nitrogen and oxygen atoms in total. The Hall–Kier alpha value is -1.56. The van der Waals surface area contributed by atoms with Crippen LogP contribution < -0.4 is 5.32 Å². The summed E-state index contributed by atoms with van der Waals surface area (Å²) in [5, 5.41) is 20.3. The van der Waals surface area contributed by atoms with E-state index < -0.39 is 24.5 Å². The first kappa shape index (κ1) is 15.5. The molecule has 102 valence electrons. The zero-order valence-electron chi connectivity index (χ0n) is 9.64. The lowest BCUT2D eigenvalue weighted by atomic mass is 10.2. The van der Waals surface area contributed by atoms with Gasteiger partial charge < -0.3 is 15.5 Å². The number of halogens is 2. The van der Waals surface area contributed by atoms with Gasteiger partial charge in [0.25, 0.3) is 0 Å². The SMILES string of the molecule is O=C(/C=C/c1c(Cl)cccc1Cl)NC(CO)C(=O)O. The molecule has 0 aliphatic carbocycles. The van der Waals surface area contributed by atoms with Gasteiger partial charge in [0.15, 0.2) is 6.04 Å². The molecule has 0 radical (unpaired) electrons. The van der Waals surface area contributed by atoms with E-state index in [0.29, 0.717) is 15.6 Å². The van der Waals surface area contributed by atoms with E-state index in [0.717, 1.165) is 6.08 Å². The number of hydrogen-bond donors (Lipinski definition) is 3. The van der Waals surface area contributed by atoms with Crippen molar-refractivity contribution >= 4 is 41.2 Å². The van der Waals surface area contributed by atoms with Crippen molar-refractivity contribution in [2.45, 2.75) is 6.04 Å². The minimum absolute atomic E-state index is 0.369. The van der Waals surface area contributed by atoms with Crippen molar-refractivity contribution in [3.8, 4) is 0 Å². The fourth-order valence-corrected chi connectivity index (χ4v) is 1.76. The third-order valence-corrected chi connectivity index (χ3v) is 2.86. The van der Waals surface area contributed by atoms with E-state index in [1.807, 2.05) is 0 Å². The molecular weight excluding hydrogens is 293 g/mol. The van der Waals surface area contributed by atoms with Crippen molar-refractivity contribution < 1.29 is 19.8 Å². The largest absolute Gasteiger partial charge is 0.480 e. The second-order valence-corrected chi connectivity index (χ2v) is 4.37. The van der Waals surface area contributed by atoms with E-state index in [2.05, 4.69) is 5.32 Å². The number of amides is 1. The van der Waals surface area contributed by atoms with Crippen molar-refractivity contribution in [1.29, 1.82) is 0 Å². The Balaban J connectivity index is 2.76. The average molecular weight is 304 g/mol. The number of carboxylic acid groups (broad SMARTS) is 1. The number of hydrogen-bond acceptors (Lipinski definition) is 3. The molecule has 0 saturated carbocycles. The molecule has 1 aromatic carbocycles. The van der Waals surface area contributed by atoms with Crippen LogP contribution in [-0.2, 0) is 9.59 Å². The van der Waals surface area contributed by atoms with E-state index in [9.17, 15) is 9.59 Å². The number of aliphatic hydroxyl groups is 1. The van der Waals surface area contributed by atoms with Gasteiger partial charge in [-0.2, -0.15) is 0 Å². The molecule has 7 heteroatoms. The van der Waals surface area contributed by atoms with E-state index in [4.69, 9.17) is 33.4 Å². The minimum Gasteiger partial charge on any atom is -0.480 e. The Bertz CT molecular complexity index is 496. The maximum Gasteiger partial charge on any atom is 0.328 e. The standard InChI is InChI=1S/C12H11Cl2NO4/c13-8-2-1-3-9(14)7(8)4-5-11(17)15-10(6-16)12(18)19/h1-5,10,16H,6H2,(H,15,17)(H,18,19)/b5-4+. The van der Waals surface area contributed by atoms with Crippen LogP contribution in [-0.4, -0.2) is 34.7 Å². The first-order valence-electron chi connectivity index (χ1n) is 5.22. The van der Waals surface area contributed by atoms with Gasteiger partial charge in [0.1, 0.15) is 0 Å². The maximum atomic E-state index is 11.5. The molecule has 0 fully saturated rings. The molecule has 1 atom stereocenters. The van der Waals surface area contributed by atoms with Gasteiger partial charge in [-0.3, -0.25) is 4.79 Å². The third kappa shape index (κ3) is 4.55. The number of aliphatic hydroxyl groups excluding tert-OH is 1. The summed E-state index contributed by atoms with van der Waals surface area (Å²) < 4.78 is 0. The van der Waals surface area contributed by atoms with Crippen LogP contribution in [0.3, 0.4) is 0 Å². The van der Waals surface area contributed by atoms with Crippen LogP contribution in [0.2, 0.25) is 10.0 Å². The second-order valence-electron chi connectivity index (χ2n) is 3.55. The molecule has 0 heterocycles. The van der Waals surface area contributed by atoms with Crippen LogP contribution in [0.4, 0.5) is 0 Å². The normalized spacial score (nSPS) is 12.4. The lowest BCUT2D eigenvalue weighted by Crippen LogP contribution is -2.42. The maximum absolute atomic E-state index is 11.5. The number of carbonyl (C=O) groups is 2. The number of benzene rings is 1. The zero-order valence-corrected chi connectivity index (χ0v) is 11.1. The Kier molecular flexibility index (Phi) is 5.82. The van der Waals surface area contributed by atoms with Gasteiger partial charge in [-0.25, -0.2) is 4.79 Å². The predicted molar refractivity (Wildman–Crippen MR) is 72.1 cm³/mol. The van der Waals surface area contributed by atoms with Crippen molar-refractivity contribution in [1.82, 2.24) is 5.32 Å². The van der Waals surface area contributed by atoms with Crippen molar-refractivity contribution in [3.63, 3.8) is 0 Å². The number of carboxylic acids is 1. The molecule has 0 aromatic heterocycles. The van der Waals surface area contributed by atoms with Crippen LogP contribution in [0.15, 0.2) is 24.3 Å². The molecule has 3 N–H and O–H groups in total. The summed E-state index contributed by atoms with van der Waals surface area (Å²) in [6.45, 7) is -0.693. The monoisotopic (exact) mass is 303 g/mol. The zero-order chi connectivity index (χ0) is 14.4. The fraction of sp³-hybridized carbons (Fsp3) is 0.167.